The first-order valence-electron chi connectivity index (χ1n) is 8.48. The molecule has 0 fully saturated rings. The highest BCUT2D eigenvalue weighted by molar-refractivity contribution is 5.60. The van der Waals surface area contributed by atoms with Crippen LogP contribution < -0.4 is 19.5 Å². The largest absolute Gasteiger partial charge is 0.493 e. The van der Waals surface area contributed by atoms with Crippen LogP contribution >= 0.6 is 0 Å². The molecule has 5 heteroatoms. The zero-order chi connectivity index (χ0) is 16.8. The van der Waals surface area contributed by atoms with Crippen molar-refractivity contribution in [3.05, 3.63) is 17.2 Å². The third-order valence-corrected chi connectivity index (χ3v) is 4.43. The van der Waals surface area contributed by atoms with Gasteiger partial charge in [-0.1, -0.05) is 13.8 Å². The van der Waals surface area contributed by atoms with Crippen molar-refractivity contribution in [3.63, 3.8) is 0 Å². The molecule has 0 unspecified atom stereocenters. The molecule has 2 rings (SSSR count). The molecule has 0 bridgehead atoms. The van der Waals surface area contributed by atoms with Crippen molar-refractivity contribution in [2.75, 3.05) is 41.0 Å². The summed E-state index contributed by atoms with van der Waals surface area (Å²) in [4.78, 5) is 2.55. The molecule has 0 spiro atoms. The molecular formula is C18H30N2O3. The Kier molecular flexibility index (Phi) is 6.54. The van der Waals surface area contributed by atoms with Crippen LogP contribution in [0, 0.1) is 0 Å². The average Bonchev–Trinajstić information content (AvgIpc) is 2.59. The Bertz CT molecular complexity index is 513. The minimum atomic E-state index is 0.340. The van der Waals surface area contributed by atoms with E-state index in [1.807, 2.05) is 0 Å². The van der Waals surface area contributed by atoms with Gasteiger partial charge in [-0.15, -0.1) is 0 Å². The highest BCUT2D eigenvalue weighted by Gasteiger charge is 2.30. The number of fused-ring (bicyclic) bond motifs is 1. The molecule has 0 aliphatic carbocycles. The van der Waals surface area contributed by atoms with Crippen LogP contribution in [0.15, 0.2) is 6.07 Å². The summed E-state index contributed by atoms with van der Waals surface area (Å²) in [7, 11) is 5.02. The van der Waals surface area contributed by atoms with Crippen molar-refractivity contribution in [1.82, 2.24) is 10.2 Å². The lowest BCUT2D eigenvalue weighted by Gasteiger charge is -2.37. The average molecular weight is 322 g/mol. The fourth-order valence-corrected chi connectivity index (χ4v) is 3.48. The van der Waals surface area contributed by atoms with E-state index in [1.165, 1.54) is 11.1 Å². The molecule has 1 atom stereocenters. The molecule has 0 saturated carbocycles. The van der Waals surface area contributed by atoms with Gasteiger partial charge in [0, 0.05) is 24.7 Å². The van der Waals surface area contributed by atoms with Gasteiger partial charge in [0.2, 0.25) is 5.75 Å². The van der Waals surface area contributed by atoms with E-state index in [2.05, 4.69) is 30.1 Å². The highest BCUT2D eigenvalue weighted by atomic mass is 16.5. The molecule has 1 aromatic carbocycles. The quantitative estimate of drug-likeness (QED) is 0.797. The van der Waals surface area contributed by atoms with E-state index < -0.39 is 0 Å². The molecule has 0 radical (unpaired) electrons. The van der Waals surface area contributed by atoms with Crippen LogP contribution in [-0.4, -0.2) is 45.9 Å². The normalized spacial score (nSPS) is 17.0. The maximum Gasteiger partial charge on any atom is 0.203 e. The molecule has 0 saturated heterocycles. The summed E-state index contributed by atoms with van der Waals surface area (Å²) in [6.45, 7) is 8.39. The summed E-state index contributed by atoms with van der Waals surface area (Å²) in [5, 5.41) is 3.53. The highest BCUT2D eigenvalue weighted by Crippen LogP contribution is 2.45. The molecule has 130 valence electrons. The fraction of sp³-hybridized carbons (Fsp3) is 0.667. The first kappa shape index (κ1) is 17.9. The third kappa shape index (κ3) is 3.56. The van der Waals surface area contributed by atoms with Crippen molar-refractivity contribution in [2.45, 2.75) is 39.3 Å². The second-order valence-corrected chi connectivity index (χ2v) is 5.90. The van der Waals surface area contributed by atoms with Crippen LogP contribution in [0.2, 0.25) is 0 Å². The van der Waals surface area contributed by atoms with Crippen molar-refractivity contribution in [3.8, 4) is 17.2 Å². The molecule has 5 nitrogen and oxygen atoms in total. The molecule has 23 heavy (non-hydrogen) atoms. The number of rotatable bonds is 8. The van der Waals surface area contributed by atoms with Crippen LogP contribution in [-0.2, 0) is 6.54 Å². The molecule has 1 heterocycles. The van der Waals surface area contributed by atoms with Gasteiger partial charge in [0.1, 0.15) is 0 Å². The van der Waals surface area contributed by atoms with Crippen LogP contribution in [0.5, 0.6) is 17.2 Å². The molecule has 0 aromatic heterocycles. The summed E-state index contributed by atoms with van der Waals surface area (Å²) in [5.74, 6) is 2.20. The van der Waals surface area contributed by atoms with Crippen LogP contribution in [0.1, 0.15) is 43.9 Å². The Morgan fingerprint density at radius 3 is 2.22 bits per heavy atom. The topological polar surface area (TPSA) is 43.0 Å². The third-order valence-electron chi connectivity index (χ3n) is 4.43. The second kappa shape index (κ2) is 8.41. The first-order valence-corrected chi connectivity index (χ1v) is 8.48. The Hall–Kier alpha value is -1.46. The maximum atomic E-state index is 5.66. The Labute approximate surface area is 139 Å². The van der Waals surface area contributed by atoms with Crippen LogP contribution in [0.25, 0.3) is 0 Å². The lowest BCUT2D eigenvalue weighted by Crippen LogP contribution is -2.40. The predicted octanol–water partition coefficient (Wildman–Crippen LogP) is 2.98. The smallest absolute Gasteiger partial charge is 0.203 e. The number of nitrogens with one attached hydrogen (secondary N) is 1. The van der Waals surface area contributed by atoms with Crippen LogP contribution in [0.4, 0.5) is 0 Å². The van der Waals surface area contributed by atoms with Gasteiger partial charge >= 0.3 is 0 Å². The number of methoxy groups -OCH3 is 3. The van der Waals surface area contributed by atoms with E-state index in [9.17, 15) is 0 Å². The summed E-state index contributed by atoms with van der Waals surface area (Å²) in [5.41, 5.74) is 2.47. The van der Waals surface area contributed by atoms with E-state index in [0.29, 0.717) is 11.8 Å². The zero-order valence-corrected chi connectivity index (χ0v) is 15.1. The van der Waals surface area contributed by atoms with Crippen molar-refractivity contribution in [1.29, 1.82) is 0 Å². The predicted molar refractivity (Wildman–Crippen MR) is 92.7 cm³/mol. The van der Waals surface area contributed by atoms with Gasteiger partial charge in [0.15, 0.2) is 11.5 Å². The SMILES string of the molecule is CCCN(CCC)[C@@H]1CNCc2c1cc(OC)c(OC)c2OC. The number of hydrogen-bond acceptors (Lipinski definition) is 5. The Morgan fingerprint density at radius 1 is 1.04 bits per heavy atom. The molecule has 1 aromatic rings. The number of nitrogens with zero attached hydrogens (tertiary/aromatic N) is 1. The molecule has 1 aliphatic heterocycles. The monoisotopic (exact) mass is 322 g/mol. The van der Waals surface area contributed by atoms with E-state index >= 15 is 0 Å². The van der Waals surface area contributed by atoms with E-state index in [4.69, 9.17) is 14.2 Å². The summed E-state index contributed by atoms with van der Waals surface area (Å²) in [6.07, 6.45) is 2.30. The Balaban J connectivity index is 2.51. The van der Waals surface area contributed by atoms with Gasteiger partial charge in [-0.05, 0) is 37.6 Å². The van der Waals surface area contributed by atoms with Crippen molar-refractivity contribution < 1.29 is 14.2 Å². The lowest BCUT2D eigenvalue weighted by atomic mass is 9.93. The van der Waals surface area contributed by atoms with E-state index in [1.54, 1.807) is 21.3 Å². The van der Waals surface area contributed by atoms with Gasteiger partial charge in [0.25, 0.3) is 0 Å². The standard InChI is InChI=1S/C18H30N2O3/c1-6-8-20(9-7-2)15-12-19-11-14-13(15)10-16(21-3)18(23-5)17(14)22-4/h10,15,19H,6-9,11-12H2,1-5H3/t15-/m1/s1. The first-order chi connectivity index (χ1) is 11.2. The van der Waals surface area contributed by atoms with Gasteiger partial charge < -0.3 is 19.5 Å². The van der Waals surface area contributed by atoms with E-state index in [-0.39, 0.29) is 0 Å². The van der Waals surface area contributed by atoms with Gasteiger partial charge in [0.05, 0.1) is 21.3 Å². The van der Waals surface area contributed by atoms with Gasteiger partial charge in [-0.2, -0.15) is 0 Å². The number of ether oxygens (including phenoxy) is 3. The molecule has 0 amide bonds. The lowest BCUT2D eigenvalue weighted by molar-refractivity contribution is 0.183. The summed E-state index contributed by atoms with van der Waals surface area (Å²) >= 11 is 0. The second-order valence-electron chi connectivity index (χ2n) is 5.90. The molecular weight excluding hydrogens is 292 g/mol. The van der Waals surface area contributed by atoms with Gasteiger partial charge in [-0.25, -0.2) is 0 Å². The fourth-order valence-electron chi connectivity index (χ4n) is 3.48. The van der Waals surface area contributed by atoms with Crippen molar-refractivity contribution in [2.24, 2.45) is 0 Å². The van der Waals surface area contributed by atoms with Crippen LogP contribution in [0.3, 0.4) is 0 Å². The maximum absolute atomic E-state index is 5.66. The number of hydrogen-bond donors (Lipinski definition) is 1. The Morgan fingerprint density at radius 2 is 1.70 bits per heavy atom. The van der Waals surface area contributed by atoms with Crippen molar-refractivity contribution >= 4 is 0 Å². The minimum absolute atomic E-state index is 0.340. The summed E-state index contributed by atoms with van der Waals surface area (Å²) in [6, 6.07) is 2.47. The number of benzene rings is 1. The molecule has 1 N–H and O–H groups in total. The minimum Gasteiger partial charge on any atom is -0.493 e. The summed E-state index contributed by atoms with van der Waals surface area (Å²) < 4.78 is 16.7. The van der Waals surface area contributed by atoms with Gasteiger partial charge in [-0.3, -0.25) is 4.90 Å². The zero-order valence-electron chi connectivity index (χ0n) is 15.1. The van der Waals surface area contributed by atoms with E-state index in [0.717, 1.165) is 50.5 Å². The molecule has 1 aliphatic rings.